The highest BCUT2D eigenvalue weighted by Gasteiger charge is 2.19. The first kappa shape index (κ1) is 18.0. The molecule has 2 aromatic rings. The maximum absolute atomic E-state index is 13.1. The smallest absolute Gasteiger partial charge is 0.224 e. The normalized spacial score (nSPS) is 19.0. The number of halogens is 1. The van der Waals surface area contributed by atoms with Gasteiger partial charge in [-0.3, -0.25) is 0 Å². The fourth-order valence-electron chi connectivity index (χ4n) is 4.05. The van der Waals surface area contributed by atoms with Crippen LogP contribution in [0, 0.1) is 5.82 Å². The summed E-state index contributed by atoms with van der Waals surface area (Å²) in [4.78, 5) is 13.8. The summed E-state index contributed by atoms with van der Waals surface area (Å²) in [5, 5.41) is 3.55. The van der Waals surface area contributed by atoms with E-state index in [1.54, 1.807) is 0 Å². The van der Waals surface area contributed by atoms with E-state index < -0.39 is 0 Å². The molecule has 5 nitrogen and oxygen atoms in total. The van der Waals surface area contributed by atoms with Crippen molar-refractivity contribution in [3.8, 4) is 0 Å². The summed E-state index contributed by atoms with van der Waals surface area (Å²) in [6.45, 7) is 3.61. The topological polar surface area (TPSA) is 44.3 Å². The number of nitrogens with one attached hydrogen (secondary N) is 1. The fraction of sp³-hybridized carbons (Fsp3) is 0.524. The summed E-state index contributed by atoms with van der Waals surface area (Å²) >= 11 is 0. The first-order valence-corrected chi connectivity index (χ1v) is 10.1. The summed E-state index contributed by atoms with van der Waals surface area (Å²) in [7, 11) is 0. The van der Waals surface area contributed by atoms with Crippen LogP contribution in [0.3, 0.4) is 0 Å². The predicted octanol–water partition coefficient (Wildman–Crippen LogP) is 4.08. The molecule has 27 heavy (non-hydrogen) atoms. The molecule has 0 spiro atoms. The Balaban J connectivity index is 1.36. The summed E-state index contributed by atoms with van der Waals surface area (Å²) in [5.41, 5.74) is 1.08. The summed E-state index contributed by atoms with van der Waals surface area (Å²) in [6.07, 6.45) is 9.56. The molecule has 2 aliphatic rings. The largest absolute Gasteiger partial charge is 0.368 e. The van der Waals surface area contributed by atoms with Crippen molar-refractivity contribution in [3.63, 3.8) is 0 Å². The monoisotopic (exact) mass is 369 g/mol. The summed E-state index contributed by atoms with van der Waals surface area (Å²) < 4.78 is 13.1. The van der Waals surface area contributed by atoms with Crippen molar-refractivity contribution >= 4 is 17.5 Å². The molecule has 1 aromatic carbocycles. The van der Waals surface area contributed by atoms with Crippen molar-refractivity contribution in [1.29, 1.82) is 0 Å². The third-order valence-electron chi connectivity index (χ3n) is 5.62. The Morgan fingerprint density at radius 2 is 1.52 bits per heavy atom. The Kier molecular flexibility index (Phi) is 5.70. The maximum atomic E-state index is 13.1. The molecule has 0 bridgehead atoms. The molecule has 1 aliphatic heterocycles. The van der Waals surface area contributed by atoms with Gasteiger partial charge in [0.15, 0.2) is 0 Å². The van der Waals surface area contributed by atoms with Crippen LogP contribution in [-0.2, 0) is 0 Å². The SMILES string of the molecule is Fc1ccc(N2CCN(c3ccnc(NC4CCCCCC4)n3)CC2)cc1. The molecule has 1 aromatic heterocycles. The highest BCUT2D eigenvalue weighted by molar-refractivity contribution is 5.50. The van der Waals surface area contributed by atoms with Crippen molar-refractivity contribution in [2.75, 3.05) is 41.3 Å². The van der Waals surface area contributed by atoms with Gasteiger partial charge in [-0.15, -0.1) is 0 Å². The Bertz CT molecular complexity index is 720. The first-order chi connectivity index (χ1) is 13.3. The van der Waals surface area contributed by atoms with E-state index in [4.69, 9.17) is 4.98 Å². The molecule has 0 radical (unpaired) electrons. The molecular formula is C21H28FN5. The van der Waals surface area contributed by atoms with Crippen molar-refractivity contribution in [2.24, 2.45) is 0 Å². The molecule has 0 unspecified atom stereocenters. The minimum absolute atomic E-state index is 0.188. The molecule has 4 rings (SSSR count). The minimum Gasteiger partial charge on any atom is -0.368 e. The van der Waals surface area contributed by atoms with E-state index in [1.807, 2.05) is 24.4 Å². The van der Waals surface area contributed by atoms with Crippen LogP contribution in [0.15, 0.2) is 36.5 Å². The van der Waals surface area contributed by atoms with Gasteiger partial charge in [-0.2, -0.15) is 4.98 Å². The lowest BCUT2D eigenvalue weighted by molar-refractivity contribution is 0.613. The van der Waals surface area contributed by atoms with E-state index in [0.29, 0.717) is 6.04 Å². The lowest BCUT2D eigenvalue weighted by Crippen LogP contribution is -2.46. The van der Waals surface area contributed by atoms with E-state index in [1.165, 1.54) is 50.7 Å². The molecular weight excluding hydrogens is 341 g/mol. The number of rotatable bonds is 4. The van der Waals surface area contributed by atoms with Crippen LogP contribution in [0.1, 0.15) is 38.5 Å². The highest BCUT2D eigenvalue weighted by Crippen LogP contribution is 2.22. The van der Waals surface area contributed by atoms with Gasteiger partial charge >= 0.3 is 0 Å². The van der Waals surface area contributed by atoms with E-state index in [0.717, 1.165) is 43.6 Å². The van der Waals surface area contributed by atoms with E-state index in [9.17, 15) is 4.39 Å². The van der Waals surface area contributed by atoms with Crippen molar-refractivity contribution < 1.29 is 4.39 Å². The maximum Gasteiger partial charge on any atom is 0.224 e. The second-order valence-corrected chi connectivity index (χ2v) is 7.52. The predicted molar refractivity (Wildman–Crippen MR) is 108 cm³/mol. The molecule has 0 amide bonds. The Morgan fingerprint density at radius 1 is 0.852 bits per heavy atom. The molecule has 144 valence electrons. The first-order valence-electron chi connectivity index (χ1n) is 10.1. The van der Waals surface area contributed by atoms with Gasteiger partial charge in [-0.1, -0.05) is 25.7 Å². The van der Waals surface area contributed by atoms with Crippen LogP contribution in [0.25, 0.3) is 0 Å². The van der Waals surface area contributed by atoms with E-state index >= 15 is 0 Å². The van der Waals surface area contributed by atoms with Crippen LogP contribution >= 0.6 is 0 Å². The molecule has 0 atom stereocenters. The number of hydrogen-bond acceptors (Lipinski definition) is 5. The number of hydrogen-bond donors (Lipinski definition) is 1. The fourth-order valence-corrected chi connectivity index (χ4v) is 4.05. The van der Waals surface area contributed by atoms with Crippen molar-refractivity contribution in [2.45, 2.75) is 44.6 Å². The van der Waals surface area contributed by atoms with E-state index in [2.05, 4.69) is 20.1 Å². The van der Waals surface area contributed by atoms with Crippen molar-refractivity contribution in [1.82, 2.24) is 9.97 Å². The van der Waals surface area contributed by atoms with Crippen LogP contribution < -0.4 is 15.1 Å². The van der Waals surface area contributed by atoms with Crippen LogP contribution in [0.4, 0.5) is 21.8 Å². The van der Waals surface area contributed by atoms with Crippen LogP contribution in [0.2, 0.25) is 0 Å². The van der Waals surface area contributed by atoms with Crippen LogP contribution in [-0.4, -0.2) is 42.2 Å². The summed E-state index contributed by atoms with van der Waals surface area (Å²) in [5.74, 6) is 1.55. The number of piperazine rings is 1. The van der Waals surface area contributed by atoms with Gasteiger partial charge < -0.3 is 15.1 Å². The van der Waals surface area contributed by atoms with Gasteiger partial charge in [-0.25, -0.2) is 9.37 Å². The molecule has 1 saturated carbocycles. The quantitative estimate of drug-likeness (QED) is 0.823. The molecule has 1 saturated heterocycles. The summed E-state index contributed by atoms with van der Waals surface area (Å²) in [6, 6.07) is 9.24. The zero-order valence-corrected chi connectivity index (χ0v) is 15.8. The number of anilines is 3. The second kappa shape index (κ2) is 8.55. The average Bonchev–Trinajstić information content (AvgIpc) is 2.98. The molecule has 6 heteroatoms. The zero-order chi connectivity index (χ0) is 18.5. The van der Waals surface area contributed by atoms with Gasteiger partial charge in [0.05, 0.1) is 0 Å². The van der Waals surface area contributed by atoms with Gasteiger partial charge in [0.25, 0.3) is 0 Å². The molecule has 1 aliphatic carbocycles. The Hall–Kier alpha value is -2.37. The number of benzene rings is 1. The van der Waals surface area contributed by atoms with Gasteiger partial charge in [0, 0.05) is 44.1 Å². The van der Waals surface area contributed by atoms with Gasteiger partial charge in [0.1, 0.15) is 11.6 Å². The Morgan fingerprint density at radius 3 is 2.22 bits per heavy atom. The molecule has 2 heterocycles. The number of aromatic nitrogens is 2. The Labute approximate surface area is 160 Å². The molecule has 2 fully saturated rings. The lowest BCUT2D eigenvalue weighted by Gasteiger charge is -2.36. The number of nitrogens with zero attached hydrogens (tertiary/aromatic N) is 4. The van der Waals surface area contributed by atoms with Gasteiger partial charge in [-0.05, 0) is 43.2 Å². The lowest BCUT2D eigenvalue weighted by atomic mass is 10.1. The van der Waals surface area contributed by atoms with Crippen LogP contribution in [0.5, 0.6) is 0 Å². The zero-order valence-electron chi connectivity index (χ0n) is 15.8. The van der Waals surface area contributed by atoms with Crippen molar-refractivity contribution in [3.05, 3.63) is 42.3 Å². The molecule has 1 N–H and O–H groups in total. The third kappa shape index (κ3) is 4.67. The second-order valence-electron chi connectivity index (χ2n) is 7.52. The standard InChI is InChI=1S/C21H28FN5/c22-17-7-9-19(10-8-17)26-13-15-27(16-14-26)20-11-12-23-21(25-20)24-18-5-3-1-2-4-6-18/h7-12,18H,1-6,13-16H2,(H,23,24,25). The highest BCUT2D eigenvalue weighted by atomic mass is 19.1. The van der Waals surface area contributed by atoms with Gasteiger partial charge in [0.2, 0.25) is 5.95 Å². The third-order valence-corrected chi connectivity index (χ3v) is 5.62. The average molecular weight is 369 g/mol. The van der Waals surface area contributed by atoms with E-state index in [-0.39, 0.29) is 5.82 Å². The minimum atomic E-state index is -0.188.